The quantitative estimate of drug-likeness (QED) is 0.135. The van der Waals surface area contributed by atoms with Crippen LogP contribution in [0.2, 0.25) is 0 Å². The van der Waals surface area contributed by atoms with Crippen LogP contribution < -0.4 is 4.90 Å². The van der Waals surface area contributed by atoms with Crippen LogP contribution in [-0.4, -0.2) is 54.6 Å². The van der Waals surface area contributed by atoms with Gasteiger partial charge in [-0.2, -0.15) is 0 Å². The van der Waals surface area contributed by atoms with Gasteiger partial charge in [0.25, 0.3) is 0 Å². The topological polar surface area (TPSA) is 101 Å². The Morgan fingerprint density at radius 3 is 1.37 bits per heavy atom. The van der Waals surface area contributed by atoms with Gasteiger partial charge in [0.05, 0.1) is 58.1 Å². The molecule has 2 aliphatic carbocycles. The number of fused-ring (bicyclic) bond motifs is 2. The first-order valence-electron chi connectivity index (χ1n) is 27.2. The standard InChI is InChI=1S/C62H71N7O2/c1-62(2,3)46-28-30-47(31-29-46)69-52(44-26-32-48-50(38-44)65-58(63-48)54-24-14-36-67(54)60(70)56(42-20-10-11-21-42)40-16-6-4-7-17-40)34-35-53(69)45-27-33-49-51(39-45)66-59(64-49)55-25-15-37-68(55)61(71)57(43-22-12-13-23-43)41-18-8-5-9-19-41/h4-9,16-19,26-33,38-39,42-43,52-57H,10-15,20-25,34-37H2,1-3H3,(H,63,65)(H,64,66)/t52-,53?,54+,55+,56?,57?/m1/s1. The van der Waals surface area contributed by atoms with Crippen molar-refractivity contribution in [3.8, 4) is 0 Å². The van der Waals surface area contributed by atoms with Gasteiger partial charge in [0.15, 0.2) is 0 Å². The van der Waals surface area contributed by atoms with Crippen LogP contribution in [0.15, 0.2) is 121 Å². The van der Waals surface area contributed by atoms with Crippen LogP contribution in [-0.2, 0) is 15.0 Å². The number of aromatic amines is 2. The van der Waals surface area contributed by atoms with Crippen molar-refractivity contribution in [2.45, 2.75) is 152 Å². The van der Waals surface area contributed by atoms with Gasteiger partial charge in [0, 0.05) is 18.8 Å². The summed E-state index contributed by atoms with van der Waals surface area (Å²) in [6, 6.07) is 44.1. The number of nitrogens with one attached hydrogen (secondary N) is 2. The maximum Gasteiger partial charge on any atom is 0.231 e. The second kappa shape index (κ2) is 19.1. The highest BCUT2D eigenvalue weighted by Crippen LogP contribution is 2.49. The molecule has 5 aromatic carbocycles. The first-order chi connectivity index (χ1) is 34.7. The van der Waals surface area contributed by atoms with Gasteiger partial charge in [-0.05, 0) is 146 Å². The Balaban J connectivity index is 0.833. The van der Waals surface area contributed by atoms with Crippen molar-refractivity contribution < 1.29 is 9.59 Å². The number of amides is 2. The second-order valence-corrected chi connectivity index (χ2v) is 22.9. The fourth-order valence-corrected chi connectivity index (χ4v) is 13.9. The van der Waals surface area contributed by atoms with Crippen LogP contribution in [0.3, 0.4) is 0 Å². The number of carbonyl (C=O) groups is 2. The highest BCUT2D eigenvalue weighted by molar-refractivity contribution is 5.86. The molecule has 2 saturated carbocycles. The molecular weight excluding hydrogens is 875 g/mol. The van der Waals surface area contributed by atoms with E-state index in [0.29, 0.717) is 11.8 Å². The molecule has 71 heavy (non-hydrogen) atoms. The Morgan fingerprint density at radius 1 is 0.507 bits per heavy atom. The molecule has 9 heteroatoms. The van der Waals surface area contributed by atoms with E-state index in [9.17, 15) is 9.59 Å². The fraction of sp³-hybridized carbons (Fsp3) is 0.452. The summed E-state index contributed by atoms with van der Waals surface area (Å²) in [6.07, 6.45) is 15.1. The lowest BCUT2D eigenvalue weighted by molar-refractivity contribution is -0.136. The molecule has 0 spiro atoms. The zero-order valence-electron chi connectivity index (χ0n) is 42.0. The van der Waals surface area contributed by atoms with Crippen LogP contribution in [0, 0.1) is 11.8 Å². The number of rotatable bonds is 11. The van der Waals surface area contributed by atoms with Gasteiger partial charge < -0.3 is 24.7 Å². The Kier molecular flexibility index (Phi) is 12.3. The summed E-state index contributed by atoms with van der Waals surface area (Å²) in [5, 5.41) is 0. The van der Waals surface area contributed by atoms with E-state index in [0.717, 1.165) is 122 Å². The number of carbonyl (C=O) groups excluding carboxylic acids is 2. The van der Waals surface area contributed by atoms with Gasteiger partial charge in [-0.1, -0.05) is 131 Å². The molecule has 3 unspecified atom stereocenters. The van der Waals surface area contributed by atoms with Gasteiger partial charge in [-0.15, -0.1) is 0 Å². The lowest BCUT2D eigenvalue weighted by Gasteiger charge is -2.34. The molecule has 7 aromatic rings. The van der Waals surface area contributed by atoms with E-state index >= 15 is 0 Å². The number of nitrogens with zero attached hydrogens (tertiary/aromatic N) is 5. The minimum atomic E-state index is -0.0994. The fourth-order valence-electron chi connectivity index (χ4n) is 13.9. The predicted molar refractivity (Wildman–Crippen MR) is 284 cm³/mol. The van der Waals surface area contributed by atoms with Crippen LogP contribution in [0.4, 0.5) is 5.69 Å². The third kappa shape index (κ3) is 8.75. The molecular formula is C62H71N7O2. The summed E-state index contributed by atoms with van der Waals surface area (Å²) in [5.41, 5.74) is 11.4. The van der Waals surface area contributed by atoms with E-state index in [1.807, 2.05) is 0 Å². The number of imidazole rings is 2. The number of likely N-dealkylation sites (tertiary alicyclic amines) is 2. The average molecular weight is 946 g/mol. The zero-order valence-corrected chi connectivity index (χ0v) is 42.0. The minimum Gasteiger partial charge on any atom is -0.357 e. The number of benzene rings is 5. The molecule has 0 radical (unpaired) electrons. The maximum absolute atomic E-state index is 14.7. The largest absolute Gasteiger partial charge is 0.357 e. The highest BCUT2D eigenvalue weighted by Gasteiger charge is 2.43. The molecule has 366 valence electrons. The summed E-state index contributed by atoms with van der Waals surface area (Å²) in [7, 11) is 0. The summed E-state index contributed by atoms with van der Waals surface area (Å²) in [6.45, 7) is 8.38. The van der Waals surface area contributed by atoms with Gasteiger partial charge in [0.2, 0.25) is 11.8 Å². The van der Waals surface area contributed by atoms with Crippen molar-refractivity contribution in [2.24, 2.45) is 11.8 Å². The van der Waals surface area contributed by atoms with Crippen molar-refractivity contribution in [3.05, 3.63) is 161 Å². The van der Waals surface area contributed by atoms with E-state index in [-0.39, 0.29) is 53.2 Å². The van der Waals surface area contributed by atoms with Gasteiger partial charge >= 0.3 is 0 Å². The van der Waals surface area contributed by atoms with Crippen molar-refractivity contribution in [3.63, 3.8) is 0 Å². The monoisotopic (exact) mass is 946 g/mol. The SMILES string of the molecule is CC(C)(C)c1ccc(N2C(c3ccc4nc([C@@H]5CCCN5C(=O)C(c5ccccc5)C5CCCC5)[nH]c4c3)CC[C@@H]2c2ccc3nc([C@@H]4CCCN4C(=O)C(c4ccccc4)C4CCCC4)[nH]c3c2)cc1. The van der Waals surface area contributed by atoms with Crippen LogP contribution >= 0.6 is 0 Å². The number of hydrogen-bond donors (Lipinski definition) is 2. The van der Waals surface area contributed by atoms with E-state index < -0.39 is 0 Å². The van der Waals surface area contributed by atoms with Crippen molar-refractivity contribution in [1.29, 1.82) is 0 Å². The van der Waals surface area contributed by atoms with Crippen LogP contribution in [0.25, 0.3) is 22.1 Å². The Labute approximate surface area is 419 Å². The smallest absolute Gasteiger partial charge is 0.231 e. The van der Waals surface area contributed by atoms with E-state index in [1.54, 1.807) is 0 Å². The number of hydrogen-bond acceptors (Lipinski definition) is 5. The maximum atomic E-state index is 14.7. The summed E-state index contributed by atoms with van der Waals surface area (Å²) >= 11 is 0. The molecule has 5 heterocycles. The Bertz CT molecular complexity index is 2820. The van der Waals surface area contributed by atoms with Crippen molar-refractivity contribution in [2.75, 3.05) is 18.0 Å². The Morgan fingerprint density at radius 2 is 0.944 bits per heavy atom. The molecule has 2 N–H and O–H groups in total. The minimum absolute atomic E-state index is 0.0476. The number of anilines is 1. The summed E-state index contributed by atoms with van der Waals surface area (Å²) in [4.78, 5) is 54.3. The molecule has 3 aliphatic heterocycles. The molecule has 12 rings (SSSR count). The van der Waals surface area contributed by atoms with Crippen molar-refractivity contribution in [1.82, 2.24) is 29.7 Å². The third-order valence-corrected chi connectivity index (χ3v) is 17.5. The average Bonchev–Trinajstić information content (AvgIpc) is 4.25. The first kappa shape index (κ1) is 45.9. The lowest BCUT2D eigenvalue weighted by atomic mass is 9.83. The van der Waals surface area contributed by atoms with Gasteiger partial charge in [-0.3, -0.25) is 9.59 Å². The summed E-state index contributed by atoms with van der Waals surface area (Å²) < 4.78 is 0. The highest BCUT2D eigenvalue weighted by atomic mass is 16.2. The van der Waals surface area contributed by atoms with Gasteiger partial charge in [-0.25, -0.2) is 9.97 Å². The van der Waals surface area contributed by atoms with E-state index in [1.165, 1.54) is 48.1 Å². The van der Waals surface area contributed by atoms with Crippen molar-refractivity contribution >= 4 is 39.6 Å². The molecule has 0 bridgehead atoms. The van der Waals surface area contributed by atoms with Gasteiger partial charge in [0.1, 0.15) is 11.6 Å². The molecule has 6 atom stereocenters. The zero-order chi connectivity index (χ0) is 48.2. The molecule has 3 saturated heterocycles. The summed E-state index contributed by atoms with van der Waals surface area (Å²) in [5.74, 6) is 2.93. The molecule has 2 amide bonds. The normalized spacial score (nSPS) is 23.2. The predicted octanol–water partition coefficient (Wildman–Crippen LogP) is 14.1. The van der Waals surface area contributed by atoms with E-state index in [4.69, 9.17) is 9.97 Å². The van der Waals surface area contributed by atoms with Crippen LogP contribution in [0.5, 0.6) is 0 Å². The van der Waals surface area contributed by atoms with E-state index in [2.05, 4.69) is 167 Å². The first-order valence-corrected chi connectivity index (χ1v) is 27.2. The third-order valence-electron chi connectivity index (χ3n) is 17.5. The number of aromatic nitrogens is 4. The second-order valence-electron chi connectivity index (χ2n) is 22.9. The Hall–Kier alpha value is -6.22. The molecule has 5 aliphatic rings. The molecule has 9 nitrogen and oxygen atoms in total. The molecule has 5 fully saturated rings. The molecule has 2 aromatic heterocycles. The lowest BCUT2D eigenvalue weighted by Crippen LogP contribution is -2.37. The van der Waals surface area contributed by atoms with Crippen LogP contribution in [0.1, 0.15) is 186 Å². The number of H-pyrrole nitrogens is 2.